The molecule has 0 aromatic heterocycles. The normalized spacial score (nSPS) is 18.1. The number of hydrogen-bond acceptors (Lipinski definition) is 4. The van der Waals surface area contributed by atoms with E-state index < -0.39 is 0 Å². The summed E-state index contributed by atoms with van der Waals surface area (Å²) in [6.45, 7) is 16.8. The number of hydrogen-bond donors (Lipinski definition) is 3. The number of phenolic OH excluding ortho intramolecular Hbond substituents is 1. The fourth-order valence-electron chi connectivity index (χ4n) is 5.43. The molecular weight excluding hydrogens is 474 g/mol. The van der Waals surface area contributed by atoms with Crippen molar-refractivity contribution in [1.82, 2.24) is 4.90 Å². The summed E-state index contributed by atoms with van der Waals surface area (Å²) < 4.78 is 0. The van der Waals surface area contributed by atoms with Gasteiger partial charge in [-0.1, -0.05) is 67.0 Å². The minimum Gasteiger partial charge on any atom is -0.507 e. The molecule has 1 fully saturated rings. The lowest BCUT2D eigenvalue weighted by molar-refractivity contribution is -0.114. The maximum absolute atomic E-state index is 13.6. The Morgan fingerprint density at radius 3 is 2.05 bits per heavy atom. The fraction of sp³-hybridized carbons (Fsp3) is 0.531. The van der Waals surface area contributed by atoms with Crippen molar-refractivity contribution in [3.05, 3.63) is 58.7 Å². The van der Waals surface area contributed by atoms with E-state index in [0.29, 0.717) is 23.9 Å². The molecule has 2 atom stereocenters. The summed E-state index contributed by atoms with van der Waals surface area (Å²) in [5.41, 5.74) is 3.39. The van der Waals surface area contributed by atoms with Gasteiger partial charge in [0.25, 0.3) is 0 Å². The van der Waals surface area contributed by atoms with Crippen LogP contribution in [-0.4, -0.2) is 40.6 Å². The number of Topliss-reactive ketones (excluding diaryl/α,β-unsaturated/α-hetero) is 1. The largest absolute Gasteiger partial charge is 0.507 e. The molecule has 0 saturated carbocycles. The van der Waals surface area contributed by atoms with E-state index in [1.165, 1.54) is 6.92 Å². The minimum absolute atomic E-state index is 0.0266. The quantitative estimate of drug-likeness (QED) is 0.339. The zero-order valence-corrected chi connectivity index (χ0v) is 24.4. The molecule has 2 aromatic carbocycles. The summed E-state index contributed by atoms with van der Waals surface area (Å²) in [7, 11) is 0. The number of anilines is 1. The topological polar surface area (TPSA) is 93.5 Å². The Labute approximate surface area is 228 Å². The van der Waals surface area contributed by atoms with Gasteiger partial charge in [0.15, 0.2) is 5.78 Å². The molecule has 1 heterocycles. The van der Waals surface area contributed by atoms with Crippen molar-refractivity contribution in [2.24, 2.45) is 11.8 Å². The number of ketones is 1. The second-order valence-electron chi connectivity index (χ2n) is 12.8. The van der Waals surface area contributed by atoms with Crippen LogP contribution in [0.25, 0.3) is 0 Å². The van der Waals surface area contributed by atoms with Crippen LogP contribution in [0.4, 0.5) is 5.69 Å². The molecule has 0 spiro atoms. The number of phenols is 1. The van der Waals surface area contributed by atoms with Gasteiger partial charge in [-0.15, -0.1) is 0 Å². The number of likely N-dealkylation sites (tertiary alicyclic amines) is 1. The van der Waals surface area contributed by atoms with Crippen LogP contribution in [0.15, 0.2) is 36.4 Å². The molecule has 206 valence electrons. The second kappa shape index (κ2) is 11.3. The molecule has 1 amide bonds. The van der Waals surface area contributed by atoms with Crippen LogP contribution in [0.1, 0.15) is 95.3 Å². The maximum Gasteiger partial charge on any atom is 0.221 e. The summed E-state index contributed by atoms with van der Waals surface area (Å²) in [5.74, 6) is 1.02. The number of nitrogens with zero attached hydrogens (tertiary/aromatic N) is 1. The van der Waals surface area contributed by atoms with E-state index >= 15 is 0 Å². The molecule has 38 heavy (non-hydrogen) atoms. The minimum atomic E-state index is -0.312. The van der Waals surface area contributed by atoms with Crippen molar-refractivity contribution in [3.63, 3.8) is 0 Å². The van der Waals surface area contributed by atoms with Crippen molar-refractivity contribution < 1.29 is 14.7 Å². The average molecular weight is 520 g/mol. The lowest BCUT2D eigenvalue weighted by Gasteiger charge is -2.28. The van der Waals surface area contributed by atoms with Crippen molar-refractivity contribution in [2.75, 3.05) is 18.4 Å². The van der Waals surface area contributed by atoms with Crippen LogP contribution in [0, 0.1) is 17.2 Å². The molecule has 2 aromatic rings. The lowest BCUT2D eigenvalue weighted by Crippen LogP contribution is -2.33. The molecule has 1 saturated heterocycles. The van der Waals surface area contributed by atoms with Gasteiger partial charge in [0.1, 0.15) is 11.6 Å². The van der Waals surface area contributed by atoms with Gasteiger partial charge in [0.05, 0.1) is 6.54 Å². The number of carbonyl (C=O) groups excluding carboxylic acids is 2. The van der Waals surface area contributed by atoms with Gasteiger partial charge in [-0.25, -0.2) is 0 Å². The molecular formula is C32H45N3O3. The first kappa shape index (κ1) is 29.4. The lowest BCUT2D eigenvalue weighted by atomic mass is 9.78. The first-order valence-corrected chi connectivity index (χ1v) is 13.7. The van der Waals surface area contributed by atoms with Gasteiger partial charge in [-0.3, -0.25) is 15.0 Å². The molecule has 1 aliphatic rings. The molecule has 6 nitrogen and oxygen atoms in total. The van der Waals surface area contributed by atoms with Crippen molar-refractivity contribution in [3.8, 4) is 5.75 Å². The summed E-state index contributed by atoms with van der Waals surface area (Å²) in [4.78, 5) is 26.9. The van der Waals surface area contributed by atoms with Gasteiger partial charge >= 0.3 is 0 Å². The van der Waals surface area contributed by atoms with Gasteiger partial charge in [-0.2, -0.15) is 0 Å². The third kappa shape index (κ3) is 6.83. The third-order valence-electron chi connectivity index (χ3n) is 7.49. The zero-order chi connectivity index (χ0) is 28.4. The van der Waals surface area contributed by atoms with Crippen LogP contribution in [0.3, 0.4) is 0 Å². The predicted octanol–water partition coefficient (Wildman–Crippen LogP) is 6.70. The number of aromatic hydroxyl groups is 1. The van der Waals surface area contributed by atoms with Crippen molar-refractivity contribution >= 4 is 23.2 Å². The van der Waals surface area contributed by atoms with Crippen LogP contribution in [-0.2, 0) is 22.0 Å². The van der Waals surface area contributed by atoms with Crippen LogP contribution in [0.5, 0.6) is 5.75 Å². The average Bonchev–Trinajstić information content (AvgIpc) is 3.07. The first-order valence-electron chi connectivity index (χ1n) is 13.7. The SMILES string of the molecule is CCC[C@H]1CN(CC(=O)c2cc(C(C)(C)C)c(O)c(C(C)(C)C)c2)C(=N)[C@@H]1Cc1ccc(NC(C)=O)cc1. The fourth-order valence-corrected chi connectivity index (χ4v) is 5.43. The number of nitrogens with one attached hydrogen (secondary N) is 2. The van der Waals surface area contributed by atoms with E-state index in [0.717, 1.165) is 41.6 Å². The summed E-state index contributed by atoms with van der Waals surface area (Å²) in [6, 6.07) is 11.5. The van der Waals surface area contributed by atoms with Crippen LogP contribution in [0.2, 0.25) is 0 Å². The smallest absolute Gasteiger partial charge is 0.221 e. The molecule has 3 rings (SSSR count). The van der Waals surface area contributed by atoms with E-state index in [9.17, 15) is 14.7 Å². The molecule has 0 radical (unpaired) electrons. The molecule has 1 aliphatic heterocycles. The number of benzene rings is 2. The number of rotatable bonds is 8. The van der Waals surface area contributed by atoms with Gasteiger partial charge in [0.2, 0.25) is 5.91 Å². The number of amides is 1. The van der Waals surface area contributed by atoms with E-state index in [-0.39, 0.29) is 40.7 Å². The monoisotopic (exact) mass is 519 g/mol. The van der Waals surface area contributed by atoms with Gasteiger partial charge in [-0.05, 0) is 59.4 Å². The van der Waals surface area contributed by atoms with Gasteiger partial charge in [0, 0.05) is 41.8 Å². The molecule has 0 aliphatic carbocycles. The van der Waals surface area contributed by atoms with Crippen LogP contribution < -0.4 is 5.32 Å². The van der Waals surface area contributed by atoms with E-state index in [1.807, 2.05) is 82.8 Å². The van der Waals surface area contributed by atoms with E-state index in [4.69, 9.17) is 5.41 Å². The standard InChI is InChI=1S/C32H45N3O3/c1-9-10-22-18-35(30(33)25(22)15-21-11-13-24(14-12-21)34-20(2)36)19-28(37)23-16-26(31(3,4)5)29(38)27(17-23)32(6,7)8/h11-14,16-17,22,25,33,38H,9-10,15,18-19H2,1-8H3,(H,34,36)/t22-,25+/m0/s1. The highest BCUT2D eigenvalue weighted by Gasteiger charge is 2.38. The van der Waals surface area contributed by atoms with E-state index in [2.05, 4.69) is 12.2 Å². The van der Waals surface area contributed by atoms with Gasteiger partial charge < -0.3 is 15.3 Å². The number of amidine groups is 1. The summed E-state index contributed by atoms with van der Waals surface area (Å²) >= 11 is 0. The second-order valence-corrected chi connectivity index (χ2v) is 12.8. The highest BCUT2D eigenvalue weighted by atomic mass is 16.3. The molecule has 0 unspecified atom stereocenters. The van der Waals surface area contributed by atoms with Crippen molar-refractivity contribution in [1.29, 1.82) is 5.41 Å². The summed E-state index contributed by atoms with van der Waals surface area (Å²) in [5, 5.41) is 22.8. The predicted molar refractivity (Wildman–Crippen MR) is 155 cm³/mol. The Bertz CT molecular complexity index is 1150. The highest BCUT2D eigenvalue weighted by molar-refractivity contribution is 6.01. The van der Waals surface area contributed by atoms with E-state index in [1.54, 1.807) is 0 Å². The Balaban J connectivity index is 1.83. The Morgan fingerprint density at radius 1 is 1.03 bits per heavy atom. The van der Waals surface area contributed by atoms with Crippen molar-refractivity contribution in [2.45, 2.75) is 85.5 Å². The maximum atomic E-state index is 13.6. The Morgan fingerprint density at radius 2 is 1.58 bits per heavy atom. The molecule has 6 heteroatoms. The Hall–Kier alpha value is -3.15. The Kier molecular flexibility index (Phi) is 8.75. The molecule has 3 N–H and O–H groups in total. The summed E-state index contributed by atoms with van der Waals surface area (Å²) in [6.07, 6.45) is 2.76. The van der Waals surface area contributed by atoms with Crippen LogP contribution >= 0.6 is 0 Å². The first-order chi connectivity index (χ1) is 17.6. The zero-order valence-electron chi connectivity index (χ0n) is 24.4. The number of carbonyl (C=O) groups is 2. The third-order valence-corrected chi connectivity index (χ3v) is 7.49. The molecule has 0 bridgehead atoms. The highest BCUT2D eigenvalue weighted by Crippen LogP contribution is 2.40.